The first-order chi connectivity index (χ1) is 8.72. The molecule has 6 heteroatoms. The van der Waals surface area contributed by atoms with Crippen molar-refractivity contribution in [3.05, 3.63) is 34.9 Å². The Bertz CT molecular complexity index is 549. The van der Waals surface area contributed by atoms with Crippen molar-refractivity contribution in [2.45, 2.75) is 0 Å². The molecule has 0 aliphatic rings. The van der Waals surface area contributed by atoms with Crippen LogP contribution in [0.5, 0.6) is 17.4 Å². The predicted octanol–water partition coefficient (Wildman–Crippen LogP) is 3.08. The summed E-state index contributed by atoms with van der Waals surface area (Å²) >= 11 is 3.42. The molecular formula is C12H12BrN3O2. The van der Waals surface area contributed by atoms with E-state index in [1.54, 1.807) is 26.4 Å². The highest BCUT2D eigenvalue weighted by molar-refractivity contribution is 9.10. The van der Waals surface area contributed by atoms with Gasteiger partial charge in [0.05, 0.1) is 11.6 Å². The zero-order chi connectivity index (χ0) is 13.0. The topological polar surface area (TPSA) is 56.3 Å². The normalized spacial score (nSPS) is 9.94. The van der Waals surface area contributed by atoms with E-state index < -0.39 is 0 Å². The summed E-state index contributed by atoms with van der Waals surface area (Å²) in [5.74, 6) is 2.40. The first-order valence-corrected chi connectivity index (χ1v) is 6.04. The molecular weight excluding hydrogens is 298 g/mol. The van der Waals surface area contributed by atoms with Crippen LogP contribution >= 0.6 is 15.9 Å². The maximum atomic E-state index is 5.66. The Hall–Kier alpha value is -1.82. The van der Waals surface area contributed by atoms with Crippen LogP contribution in [0.3, 0.4) is 0 Å². The third-order valence-electron chi connectivity index (χ3n) is 2.21. The highest BCUT2D eigenvalue weighted by Gasteiger charge is 2.06. The number of aromatic nitrogens is 2. The van der Waals surface area contributed by atoms with Gasteiger partial charge in [0.1, 0.15) is 11.5 Å². The van der Waals surface area contributed by atoms with Gasteiger partial charge in [-0.25, -0.2) is 4.98 Å². The maximum absolute atomic E-state index is 5.66. The summed E-state index contributed by atoms with van der Waals surface area (Å²) in [4.78, 5) is 8.19. The van der Waals surface area contributed by atoms with E-state index in [0.717, 1.165) is 10.2 Å². The van der Waals surface area contributed by atoms with Crippen LogP contribution in [-0.4, -0.2) is 24.1 Å². The van der Waals surface area contributed by atoms with Crippen LogP contribution in [0.15, 0.2) is 34.9 Å². The average molecular weight is 310 g/mol. The Balaban J connectivity index is 2.22. The molecule has 1 heterocycles. The molecule has 1 aromatic heterocycles. The van der Waals surface area contributed by atoms with E-state index in [1.807, 2.05) is 18.2 Å². The molecule has 0 radical (unpaired) electrons. The summed E-state index contributed by atoms with van der Waals surface area (Å²) in [6.45, 7) is 0. The fourth-order valence-electron chi connectivity index (χ4n) is 1.32. The lowest BCUT2D eigenvalue weighted by atomic mass is 10.3. The zero-order valence-electron chi connectivity index (χ0n) is 9.98. The average Bonchev–Trinajstić information content (AvgIpc) is 2.41. The molecule has 0 unspecified atom stereocenters. The second kappa shape index (κ2) is 5.68. The van der Waals surface area contributed by atoms with Crippen molar-refractivity contribution in [2.75, 3.05) is 19.5 Å². The molecule has 0 aliphatic carbocycles. The van der Waals surface area contributed by atoms with Crippen molar-refractivity contribution in [3.8, 4) is 17.4 Å². The van der Waals surface area contributed by atoms with Crippen molar-refractivity contribution in [1.29, 1.82) is 0 Å². The molecule has 0 bridgehead atoms. The van der Waals surface area contributed by atoms with Gasteiger partial charge < -0.3 is 14.8 Å². The number of hydrogen-bond donors (Lipinski definition) is 1. The molecule has 2 aromatic rings. The van der Waals surface area contributed by atoms with Crippen LogP contribution in [0, 0.1) is 0 Å². The van der Waals surface area contributed by atoms with Crippen LogP contribution < -0.4 is 14.8 Å². The minimum atomic E-state index is 0.472. The SMILES string of the molecule is CNc1nccc(Oc2ccc(OC)cc2Br)n1. The summed E-state index contributed by atoms with van der Waals surface area (Å²) in [5, 5.41) is 2.85. The molecule has 0 saturated carbocycles. The van der Waals surface area contributed by atoms with Gasteiger partial charge in [0.2, 0.25) is 11.8 Å². The van der Waals surface area contributed by atoms with E-state index in [1.165, 1.54) is 0 Å². The molecule has 18 heavy (non-hydrogen) atoms. The van der Waals surface area contributed by atoms with Gasteiger partial charge in [-0.3, -0.25) is 0 Å². The van der Waals surface area contributed by atoms with E-state index >= 15 is 0 Å². The van der Waals surface area contributed by atoms with Crippen LogP contribution in [0.1, 0.15) is 0 Å². The minimum Gasteiger partial charge on any atom is -0.497 e. The van der Waals surface area contributed by atoms with Crippen molar-refractivity contribution < 1.29 is 9.47 Å². The molecule has 0 fully saturated rings. The molecule has 5 nitrogen and oxygen atoms in total. The molecule has 94 valence electrons. The zero-order valence-corrected chi connectivity index (χ0v) is 11.6. The van der Waals surface area contributed by atoms with E-state index in [2.05, 4.69) is 31.2 Å². The minimum absolute atomic E-state index is 0.472. The van der Waals surface area contributed by atoms with Crippen molar-refractivity contribution >= 4 is 21.9 Å². The number of halogens is 1. The van der Waals surface area contributed by atoms with Crippen LogP contribution in [-0.2, 0) is 0 Å². The van der Waals surface area contributed by atoms with Crippen molar-refractivity contribution in [2.24, 2.45) is 0 Å². The largest absolute Gasteiger partial charge is 0.497 e. The number of nitrogens with one attached hydrogen (secondary N) is 1. The monoisotopic (exact) mass is 309 g/mol. The third-order valence-corrected chi connectivity index (χ3v) is 2.83. The number of ether oxygens (including phenoxy) is 2. The Morgan fingerprint density at radius 2 is 2.11 bits per heavy atom. The summed E-state index contributed by atoms with van der Waals surface area (Å²) < 4.78 is 11.6. The van der Waals surface area contributed by atoms with Gasteiger partial charge >= 0.3 is 0 Å². The highest BCUT2D eigenvalue weighted by Crippen LogP contribution is 2.32. The number of hydrogen-bond acceptors (Lipinski definition) is 5. The lowest BCUT2D eigenvalue weighted by molar-refractivity contribution is 0.411. The Morgan fingerprint density at radius 1 is 1.28 bits per heavy atom. The second-order valence-electron chi connectivity index (χ2n) is 3.37. The van der Waals surface area contributed by atoms with Crippen LogP contribution in [0.4, 0.5) is 5.95 Å². The summed E-state index contributed by atoms with van der Waals surface area (Å²) in [5.41, 5.74) is 0. The Morgan fingerprint density at radius 3 is 2.78 bits per heavy atom. The fourth-order valence-corrected chi connectivity index (χ4v) is 1.76. The summed E-state index contributed by atoms with van der Waals surface area (Å²) in [6.07, 6.45) is 1.63. The smallest absolute Gasteiger partial charge is 0.225 e. The molecule has 0 atom stereocenters. The summed E-state index contributed by atoms with van der Waals surface area (Å²) in [7, 11) is 3.37. The van der Waals surface area contributed by atoms with Gasteiger partial charge in [0, 0.05) is 19.3 Å². The summed E-state index contributed by atoms with van der Waals surface area (Å²) in [6, 6.07) is 7.15. The lowest BCUT2D eigenvalue weighted by Gasteiger charge is -2.08. The maximum Gasteiger partial charge on any atom is 0.225 e. The number of rotatable bonds is 4. The molecule has 0 saturated heterocycles. The predicted molar refractivity (Wildman–Crippen MR) is 72.3 cm³/mol. The first kappa shape index (κ1) is 12.6. The van der Waals surface area contributed by atoms with Gasteiger partial charge in [0.25, 0.3) is 0 Å². The number of nitrogens with zero attached hydrogens (tertiary/aromatic N) is 2. The quantitative estimate of drug-likeness (QED) is 0.940. The van der Waals surface area contributed by atoms with Gasteiger partial charge in [-0.2, -0.15) is 4.98 Å². The van der Waals surface area contributed by atoms with Gasteiger partial charge in [-0.15, -0.1) is 0 Å². The first-order valence-electron chi connectivity index (χ1n) is 5.25. The standard InChI is InChI=1S/C12H12BrN3O2/c1-14-12-15-6-5-11(16-12)18-10-4-3-8(17-2)7-9(10)13/h3-7H,1-2H3,(H,14,15,16). The molecule has 2 rings (SSSR count). The van der Waals surface area contributed by atoms with Crippen molar-refractivity contribution in [1.82, 2.24) is 9.97 Å². The van der Waals surface area contributed by atoms with Crippen molar-refractivity contribution in [3.63, 3.8) is 0 Å². The van der Waals surface area contributed by atoms with E-state index in [0.29, 0.717) is 17.6 Å². The highest BCUT2D eigenvalue weighted by atomic mass is 79.9. The number of methoxy groups -OCH3 is 1. The second-order valence-corrected chi connectivity index (χ2v) is 4.22. The number of anilines is 1. The van der Waals surface area contributed by atoms with Crippen LogP contribution in [0.2, 0.25) is 0 Å². The Labute approximate surface area is 113 Å². The molecule has 0 aliphatic heterocycles. The van der Waals surface area contributed by atoms with E-state index in [4.69, 9.17) is 9.47 Å². The molecule has 1 aromatic carbocycles. The van der Waals surface area contributed by atoms with Gasteiger partial charge in [-0.1, -0.05) is 0 Å². The van der Waals surface area contributed by atoms with Gasteiger partial charge in [0.15, 0.2) is 0 Å². The Kier molecular flexibility index (Phi) is 3.99. The molecule has 0 amide bonds. The van der Waals surface area contributed by atoms with Crippen LogP contribution in [0.25, 0.3) is 0 Å². The third kappa shape index (κ3) is 2.89. The van der Waals surface area contributed by atoms with E-state index in [-0.39, 0.29) is 0 Å². The van der Waals surface area contributed by atoms with E-state index in [9.17, 15) is 0 Å². The fraction of sp³-hybridized carbons (Fsp3) is 0.167. The molecule has 1 N–H and O–H groups in total. The molecule has 0 spiro atoms. The lowest BCUT2D eigenvalue weighted by Crippen LogP contribution is -1.97. The van der Waals surface area contributed by atoms with Gasteiger partial charge in [-0.05, 0) is 34.1 Å². The number of benzene rings is 1.